The van der Waals surface area contributed by atoms with Crippen molar-refractivity contribution in [2.75, 3.05) is 0 Å². The first-order valence-electron chi connectivity index (χ1n) is 6.10. The molecule has 102 valence electrons. The van der Waals surface area contributed by atoms with Gasteiger partial charge >= 0.3 is 0 Å². The topological polar surface area (TPSA) is 36.4 Å². The molecule has 0 atom stereocenters. The van der Waals surface area contributed by atoms with Gasteiger partial charge in [0.1, 0.15) is 0 Å². The van der Waals surface area contributed by atoms with Crippen LogP contribution in [0.3, 0.4) is 0 Å². The van der Waals surface area contributed by atoms with Gasteiger partial charge in [0.25, 0.3) is 0 Å². The predicted molar refractivity (Wildman–Crippen MR) is 88.1 cm³/mol. The number of nitrogens with zero attached hydrogens (tertiary/aromatic N) is 1. The van der Waals surface area contributed by atoms with E-state index in [9.17, 15) is 0 Å². The summed E-state index contributed by atoms with van der Waals surface area (Å²) < 4.78 is 0. The van der Waals surface area contributed by atoms with Gasteiger partial charge in [-0.15, -0.1) is 0 Å². The molecule has 2 N–H and O–H groups in total. The van der Waals surface area contributed by atoms with Gasteiger partial charge in [0.15, 0.2) is 5.11 Å². The Kier molecular flexibility index (Phi) is 5.53. The minimum Gasteiger partial charge on any atom is -0.357 e. The van der Waals surface area contributed by atoms with Crippen molar-refractivity contribution in [2.24, 2.45) is 5.10 Å². The third kappa shape index (κ3) is 4.99. The molecule has 20 heavy (non-hydrogen) atoms. The summed E-state index contributed by atoms with van der Waals surface area (Å²) in [6.45, 7) is 0.670. The van der Waals surface area contributed by atoms with E-state index < -0.39 is 0 Å². The summed E-state index contributed by atoms with van der Waals surface area (Å²) in [5.41, 5.74) is 4.89. The Morgan fingerprint density at radius 3 is 2.50 bits per heavy atom. The molecule has 0 spiro atoms. The van der Waals surface area contributed by atoms with Crippen LogP contribution in [-0.2, 0) is 6.54 Å². The molecule has 0 aliphatic rings. The fraction of sp³-hybridized carbons (Fsp3) is 0.0667. The second-order valence-electron chi connectivity index (χ2n) is 4.09. The van der Waals surface area contributed by atoms with Crippen LogP contribution < -0.4 is 10.7 Å². The molecule has 2 rings (SSSR count). The summed E-state index contributed by atoms with van der Waals surface area (Å²) in [4.78, 5) is 0. The Morgan fingerprint density at radius 1 is 1.10 bits per heavy atom. The van der Waals surface area contributed by atoms with Gasteiger partial charge in [-0.3, -0.25) is 5.43 Å². The maximum absolute atomic E-state index is 5.80. The van der Waals surface area contributed by atoms with Crippen LogP contribution in [-0.4, -0.2) is 11.3 Å². The highest BCUT2D eigenvalue weighted by Crippen LogP contribution is 2.07. The first-order chi connectivity index (χ1) is 9.74. The van der Waals surface area contributed by atoms with Crippen molar-refractivity contribution in [1.29, 1.82) is 0 Å². The second kappa shape index (κ2) is 7.62. The molecule has 0 radical (unpaired) electrons. The first-order valence-corrected chi connectivity index (χ1v) is 6.89. The van der Waals surface area contributed by atoms with Gasteiger partial charge in [0.2, 0.25) is 0 Å². The maximum atomic E-state index is 5.80. The van der Waals surface area contributed by atoms with Crippen LogP contribution >= 0.6 is 23.8 Å². The highest BCUT2D eigenvalue weighted by Gasteiger charge is 1.94. The zero-order valence-electron chi connectivity index (χ0n) is 10.7. The number of hydrazone groups is 1. The van der Waals surface area contributed by atoms with E-state index in [2.05, 4.69) is 15.8 Å². The summed E-state index contributed by atoms with van der Waals surface area (Å²) in [5.74, 6) is 0. The minimum absolute atomic E-state index is 0.485. The van der Waals surface area contributed by atoms with Gasteiger partial charge in [0, 0.05) is 11.6 Å². The molecule has 3 nitrogen and oxygen atoms in total. The average Bonchev–Trinajstić information content (AvgIpc) is 2.48. The first kappa shape index (κ1) is 14.5. The molecule has 5 heteroatoms. The Morgan fingerprint density at radius 2 is 1.80 bits per heavy atom. The monoisotopic (exact) mass is 303 g/mol. The van der Waals surface area contributed by atoms with Gasteiger partial charge in [0.05, 0.1) is 6.21 Å². The van der Waals surface area contributed by atoms with E-state index in [-0.39, 0.29) is 0 Å². The highest BCUT2D eigenvalue weighted by molar-refractivity contribution is 7.80. The van der Waals surface area contributed by atoms with Crippen LogP contribution in [0.5, 0.6) is 0 Å². The van der Waals surface area contributed by atoms with Crippen molar-refractivity contribution >= 4 is 35.1 Å². The number of hydrogen-bond donors (Lipinski definition) is 2. The molecule has 0 saturated heterocycles. The van der Waals surface area contributed by atoms with E-state index in [0.29, 0.717) is 16.7 Å². The van der Waals surface area contributed by atoms with Crippen molar-refractivity contribution in [1.82, 2.24) is 10.7 Å². The summed E-state index contributed by atoms with van der Waals surface area (Å²) in [6, 6.07) is 17.4. The van der Waals surface area contributed by atoms with E-state index in [0.717, 1.165) is 5.56 Å². The van der Waals surface area contributed by atoms with Gasteiger partial charge in [-0.25, -0.2) is 0 Å². The van der Waals surface area contributed by atoms with Crippen molar-refractivity contribution in [3.63, 3.8) is 0 Å². The number of halogens is 1. The number of hydrogen-bond acceptors (Lipinski definition) is 2. The molecule has 0 bridgehead atoms. The van der Waals surface area contributed by atoms with Crippen molar-refractivity contribution < 1.29 is 0 Å². The molecule has 0 saturated carbocycles. The Labute approximate surface area is 128 Å². The Hall–Kier alpha value is -1.91. The van der Waals surface area contributed by atoms with Crippen LogP contribution in [0.15, 0.2) is 59.7 Å². The minimum atomic E-state index is 0.485. The van der Waals surface area contributed by atoms with E-state index >= 15 is 0 Å². The molecular weight excluding hydrogens is 290 g/mol. The summed E-state index contributed by atoms with van der Waals surface area (Å²) >= 11 is 10.9. The van der Waals surface area contributed by atoms with Gasteiger partial charge in [-0.05, 0) is 35.5 Å². The lowest BCUT2D eigenvalue weighted by Gasteiger charge is -2.06. The molecule has 2 aromatic carbocycles. The quantitative estimate of drug-likeness (QED) is 0.517. The Bertz CT molecular complexity index is 582. The summed E-state index contributed by atoms with van der Waals surface area (Å²) in [6.07, 6.45) is 1.69. The molecule has 0 fully saturated rings. The lowest BCUT2D eigenvalue weighted by molar-refractivity contribution is 0.869. The van der Waals surface area contributed by atoms with Crippen LogP contribution in [0.1, 0.15) is 11.1 Å². The standard InChI is InChI=1S/C15H14ClN3S/c16-14-8-6-13(7-9-14)11-18-19-15(20)17-10-12-4-2-1-3-5-12/h1-9,11H,10H2,(H2,17,19,20). The fourth-order valence-electron chi connectivity index (χ4n) is 1.53. The third-order valence-corrected chi connectivity index (χ3v) is 3.03. The second-order valence-corrected chi connectivity index (χ2v) is 4.93. The predicted octanol–water partition coefficient (Wildman–Crippen LogP) is 3.34. The largest absolute Gasteiger partial charge is 0.357 e. The average molecular weight is 304 g/mol. The number of nitrogens with one attached hydrogen (secondary N) is 2. The fourth-order valence-corrected chi connectivity index (χ4v) is 1.78. The van der Waals surface area contributed by atoms with Gasteiger partial charge < -0.3 is 5.32 Å². The van der Waals surface area contributed by atoms with Crippen LogP contribution in [0.25, 0.3) is 0 Å². The summed E-state index contributed by atoms with van der Waals surface area (Å²) in [5, 5.41) is 8.33. The van der Waals surface area contributed by atoms with Gasteiger partial charge in [-0.2, -0.15) is 5.10 Å². The van der Waals surface area contributed by atoms with E-state index in [1.807, 2.05) is 54.6 Å². The van der Waals surface area contributed by atoms with Crippen molar-refractivity contribution in [2.45, 2.75) is 6.54 Å². The Balaban J connectivity index is 1.76. The lowest BCUT2D eigenvalue weighted by Crippen LogP contribution is -2.31. The smallest absolute Gasteiger partial charge is 0.187 e. The molecule has 0 unspecified atom stereocenters. The number of thiocarbonyl (C=S) groups is 1. The molecule has 0 aliphatic carbocycles. The van der Waals surface area contributed by atoms with Crippen LogP contribution in [0.4, 0.5) is 0 Å². The van der Waals surface area contributed by atoms with E-state index in [4.69, 9.17) is 23.8 Å². The van der Waals surface area contributed by atoms with Gasteiger partial charge in [-0.1, -0.05) is 54.1 Å². The SMILES string of the molecule is S=C(NCc1ccccc1)NN=Cc1ccc(Cl)cc1. The van der Waals surface area contributed by atoms with Crippen molar-refractivity contribution in [3.8, 4) is 0 Å². The number of rotatable bonds is 4. The molecule has 0 aliphatic heterocycles. The van der Waals surface area contributed by atoms with E-state index in [1.165, 1.54) is 5.56 Å². The highest BCUT2D eigenvalue weighted by atomic mass is 35.5. The maximum Gasteiger partial charge on any atom is 0.187 e. The lowest BCUT2D eigenvalue weighted by atomic mass is 10.2. The number of benzene rings is 2. The zero-order chi connectivity index (χ0) is 14.2. The molecule has 2 aromatic rings. The summed E-state index contributed by atoms with van der Waals surface area (Å²) in [7, 11) is 0. The normalized spacial score (nSPS) is 10.4. The molecular formula is C15H14ClN3S. The molecule has 0 aromatic heterocycles. The molecule has 0 heterocycles. The van der Waals surface area contributed by atoms with Crippen LogP contribution in [0.2, 0.25) is 5.02 Å². The third-order valence-electron chi connectivity index (χ3n) is 2.55. The zero-order valence-corrected chi connectivity index (χ0v) is 12.3. The van der Waals surface area contributed by atoms with Crippen molar-refractivity contribution in [3.05, 3.63) is 70.7 Å². The van der Waals surface area contributed by atoms with E-state index in [1.54, 1.807) is 6.21 Å². The van der Waals surface area contributed by atoms with Crippen LogP contribution in [0, 0.1) is 0 Å². The molecule has 0 amide bonds.